The first-order valence-electron chi connectivity index (χ1n) is 11.2. The van der Waals surface area contributed by atoms with Gasteiger partial charge in [-0.3, -0.25) is 14.9 Å². The minimum atomic E-state index is -0.823. The Hall–Kier alpha value is -4.30. The Morgan fingerprint density at radius 2 is 1.80 bits per heavy atom. The first-order valence-corrected chi connectivity index (χ1v) is 11.2. The molecular weight excluding hydrogens is 446 g/mol. The lowest BCUT2D eigenvalue weighted by molar-refractivity contribution is -0.384. The second-order valence-electron chi connectivity index (χ2n) is 8.66. The minimum absolute atomic E-state index is 0.0526. The van der Waals surface area contributed by atoms with Crippen molar-refractivity contribution in [1.82, 2.24) is 4.57 Å². The number of epoxide rings is 1. The SMILES string of the molecule is Cc1ccccc1C/C(=N\OC1(C)CO1)C(=O)c1cn(-c2ccccc2[N+](=O)[O-])c2ccccc12. The highest BCUT2D eigenvalue weighted by molar-refractivity contribution is 6.48. The molecular formula is C27H23N3O5. The summed E-state index contributed by atoms with van der Waals surface area (Å²) in [6, 6.07) is 21.5. The third-order valence-corrected chi connectivity index (χ3v) is 6.08. The number of ketones is 1. The molecule has 1 aliphatic rings. The van der Waals surface area contributed by atoms with Gasteiger partial charge in [0, 0.05) is 36.6 Å². The summed E-state index contributed by atoms with van der Waals surface area (Å²) in [5.74, 6) is -1.14. The smallest absolute Gasteiger partial charge is 0.293 e. The number of nitrogens with zero attached hydrogens (tertiary/aromatic N) is 3. The van der Waals surface area contributed by atoms with E-state index in [0.717, 1.165) is 11.1 Å². The van der Waals surface area contributed by atoms with E-state index in [4.69, 9.17) is 9.57 Å². The number of nitro groups is 1. The van der Waals surface area contributed by atoms with Gasteiger partial charge in [0.25, 0.3) is 11.5 Å². The molecule has 8 heteroatoms. The second-order valence-corrected chi connectivity index (χ2v) is 8.66. The van der Waals surface area contributed by atoms with Gasteiger partial charge in [-0.25, -0.2) is 0 Å². The summed E-state index contributed by atoms with van der Waals surface area (Å²) in [5, 5.41) is 16.6. The van der Waals surface area contributed by atoms with Crippen molar-refractivity contribution in [2.24, 2.45) is 5.16 Å². The summed E-state index contributed by atoms with van der Waals surface area (Å²) in [6.07, 6.45) is 1.91. The van der Waals surface area contributed by atoms with Crippen molar-refractivity contribution in [3.63, 3.8) is 0 Å². The fraction of sp³-hybridized carbons (Fsp3) is 0.185. The Kier molecular flexibility index (Phi) is 5.66. The van der Waals surface area contributed by atoms with Gasteiger partial charge in [-0.1, -0.05) is 59.8 Å². The van der Waals surface area contributed by atoms with Gasteiger partial charge >= 0.3 is 0 Å². The van der Waals surface area contributed by atoms with Gasteiger partial charge in [0.1, 0.15) is 18.0 Å². The quantitative estimate of drug-likeness (QED) is 0.113. The summed E-state index contributed by atoms with van der Waals surface area (Å²) in [6.45, 7) is 4.14. The highest BCUT2D eigenvalue weighted by atomic mass is 16.8. The van der Waals surface area contributed by atoms with Crippen LogP contribution in [0.25, 0.3) is 16.6 Å². The molecule has 0 radical (unpaired) electrons. The van der Waals surface area contributed by atoms with Gasteiger partial charge in [0.2, 0.25) is 5.78 Å². The van der Waals surface area contributed by atoms with Crippen LogP contribution in [0.3, 0.4) is 0 Å². The number of carbonyl (C=O) groups is 1. The maximum absolute atomic E-state index is 13.9. The highest BCUT2D eigenvalue weighted by Gasteiger charge is 2.43. The molecule has 0 bridgehead atoms. The average Bonchev–Trinajstić information content (AvgIpc) is 3.48. The van der Waals surface area contributed by atoms with Gasteiger partial charge in [-0.15, -0.1) is 0 Å². The molecule has 0 amide bonds. The number of carbonyl (C=O) groups excluding carboxylic acids is 1. The maximum Gasteiger partial charge on any atom is 0.293 e. The van der Waals surface area contributed by atoms with E-state index in [-0.39, 0.29) is 23.6 Å². The molecule has 0 saturated carbocycles. The van der Waals surface area contributed by atoms with E-state index in [1.807, 2.05) is 55.5 Å². The van der Waals surface area contributed by atoms with Crippen molar-refractivity contribution in [3.8, 4) is 5.69 Å². The van der Waals surface area contributed by atoms with Crippen LogP contribution in [0.1, 0.15) is 28.4 Å². The molecule has 4 aromatic rings. The molecule has 1 aromatic heterocycles. The zero-order chi connectivity index (χ0) is 24.6. The number of nitro benzene ring substituents is 1. The molecule has 176 valence electrons. The van der Waals surface area contributed by atoms with Crippen LogP contribution in [-0.4, -0.2) is 33.4 Å². The van der Waals surface area contributed by atoms with Crippen LogP contribution in [0, 0.1) is 17.0 Å². The van der Waals surface area contributed by atoms with Crippen LogP contribution in [0.4, 0.5) is 5.69 Å². The number of benzene rings is 3. The zero-order valence-corrected chi connectivity index (χ0v) is 19.3. The molecule has 1 atom stereocenters. The van der Waals surface area contributed by atoms with E-state index in [2.05, 4.69) is 5.16 Å². The summed E-state index contributed by atoms with van der Waals surface area (Å²) in [5.41, 5.74) is 3.59. The van der Waals surface area contributed by atoms with Crippen LogP contribution in [0.5, 0.6) is 0 Å². The zero-order valence-electron chi connectivity index (χ0n) is 19.3. The molecule has 8 nitrogen and oxygen atoms in total. The molecule has 5 rings (SSSR count). The fourth-order valence-electron chi connectivity index (χ4n) is 3.99. The number of fused-ring (bicyclic) bond motifs is 1. The first-order chi connectivity index (χ1) is 16.9. The third kappa shape index (κ3) is 4.43. The lowest BCUT2D eigenvalue weighted by atomic mass is 9.98. The number of ether oxygens (including phenoxy) is 1. The van der Waals surface area contributed by atoms with Gasteiger partial charge in [0.15, 0.2) is 0 Å². The Morgan fingerprint density at radius 1 is 1.11 bits per heavy atom. The molecule has 2 heterocycles. The number of aryl methyl sites for hydroxylation is 1. The van der Waals surface area contributed by atoms with E-state index in [1.54, 1.807) is 35.9 Å². The van der Waals surface area contributed by atoms with Crippen LogP contribution in [-0.2, 0) is 16.0 Å². The minimum Gasteiger partial charge on any atom is -0.358 e. The molecule has 1 unspecified atom stereocenters. The monoisotopic (exact) mass is 469 g/mol. The molecule has 0 aliphatic carbocycles. The first kappa shape index (κ1) is 22.5. The third-order valence-electron chi connectivity index (χ3n) is 6.08. The molecule has 1 saturated heterocycles. The predicted octanol–water partition coefficient (Wildman–Crippen LogP) is 5.39. The second kappa shape index (κ2) is 8.81. The highest BCUT2D eigenvalue weighted by Crippen LogP contribution is 2.31. The van der Waals surface area contributed by atoms with Crippen molar-refractivity contribution >= 4 is 28.1 Å². The molecule has 3 aromatic carbocycles. The maximum atomic E-state index is 13.9. The number of aromatic nitrogens is 1. The van der Waals surface area contributed by atoms with E-state index in [1.165, 1.54) is 6.07 Å². The number of para-hydroxylation sites is 3. The summed E-state index contributed by atoms with van der Waals surface area (Å²) < 4.78 is 6.94. The van der Waals surface area contributed by atoms with Crippen LogP contribution < -0.4 is 0 Å². The van der Waals surface area contributed by atoms with Crippen LogP contribution in [0.2, 0.25) is 0 Å². The standard InChI is InChI=1S/C27H23N3O5/c1-18-9-3-4-10-19(18)15-22(28-35-27(2)17-34-27)26(31)21-16-29(23-12-6-5-11-20(21)23)24-13-7-8-14-25(24)30(32)33/h3-14,16H,15,17H2,1-2H3/b28-22+. The Balaban J connectivity index is 1.62. The average molecular weight is 469 g/mol. The van der Waals surface area contributed by atoms with Gasteiger partial charge in [-0.2, -0.15) is 0 Å². The van der Waals surface area contributed by atoms with Crippen molar-refractivity contribution in [3.05, 3.63) is 106 Å². The Bertz CT molecular complexity index is 1480. The largest absolute Gasteiger partial charge is 0.358 e. The normalized spacial score (nSPS) is 17.4. The Labute approximate surface area is 201 Å². The molecule has 35 heavy (non-hydrogen) atoms. The van der Waals surface area contributed by atoms with Crippen molar-refractivity contribution in [1.29, 1.82) is 0 Å². The van der Waals surface area contributed by atoms with Crippen LogP contribution in [0.15, 0.2) is 84.1 Å². The Morgan fingerprint density at radius 3 is 2.54 bits per heavy atom. The van der Waals surface area contributed by atoms with Crippen LogP contribution >= 0.6 is 0 Å². The number of hydrogen-bond acceptors (Lipinski definition) is 6. The van der Waals surface area contributed by atoms with Crippen molar-refractivity contribution in [2.45, 2.75) is 26.1 Å². The van der Waals surface area contributed by atoms with Gasteiger partial charge in [0.05, 0.1) is 10.4 Å². The van der Waals surface area contributed by atoms with Crippen molar-refractivity contribution < 1.29 is 19.3 Å². The number of oxime groups is 1. The van der Waals surface area contributed by atoms with Crippen molar-refractivity contribution in [2.75, 3.05) is 6.61 Å². The lowest BCUT2D eigenvalue weighted by Crippen LogP contribution is -2.20. The molecule has 0 N–H and O–H groups in total. The number of hydrogen-bond donors (Lipinski definition) is 0. The number of Topliss-reactive ketones (excluding diaryl/α,β-unsaturated/α-hetero) is 1. The van der Waals surface area contributed by atoms with Gasteiger partial charge < -0.3 is 14.1 Å². The summed E-state index contributed by atoms with van der Waals surface area (Å²) in [7, 11) is 0. The predicted molar refractivity (Wildman–Crippen MR) is 132 cm³/mol. The molecule has 0 spiro atoms. The topological polar surface area (TPSA) is 99.3 Å². The summed E-state index contributed by atoms with van der Waals surface area (Å²) >= 11 is 0. The van der Waals surface area contributed by atoms with E-state index in [9.17, 15) is 14.9 Å². The molecule has 1 aliphatic heterocycles. The molecule has 1 fully saturated rings. The summed E-state index contributed by atoms with van der Waals surface area (Å²) in [4.78, 5) is 30.7. The van der Waals surface area contributed by atoms with E-state index >= 15 is 0 Å². The van der Waals surface area contributed by atoms with Gasteiger partial charge in [-0.05, 0) is 30.2 Å². The fourth-order valence-corrected chi connectivity index (χ4v) is 3.99. The van der Waals surface area contributed by atoms with E-state index < -0.39 is 10.7 Å². The number of rotatable bonds is 8. The lowest BCUT2D eigenvalue weighted by Gasteiger charge is -2.10. The van der Waals surface area contributed by atoms with E-state index in [0.29, 0.717) is 28.8 Å².